The molecule has 0 radical (unpaired) electrons. The number of nitrogens with two attached hydrogens (primary N) is 1. The Morgan fingerprint density at radius 3 is 1.87 bits per heavy atom. The van der Waals surface area contributed by atoms with Gasteiger partial charge >= 0.3 is 0 Å². The van der Waals surface area contributed by atoms with Crippen molar-refractivity contribution < 1.29 is 0 Å². The van der Waals surface area contributed by atoms with Gasteiger partial charge in [0.2, 0.25) is 0 Å². The first-order valence-corrected chi connectivity index (χ1v) is 7.22. The Bertz CT molecular complexity index is 149. The Kier molecular flexibility index (Phi) is 11.7. The van der Waals surface area contributed by atoms with Crippen molar-refractivity contribution in [3.8, 4) is 0 Å². The van der Waals surface area contributed by atoms with Crippen LogP contribution >= 0.6 is 11.8 Å². The van der Waals surface area contributed by atoms with Gasteiger partial charge in [0.1, 0.15) is 0 Å². The quantitative estimate of drug-likeness (QED) is 0.336. The maximum Gasteiger partial charge on any atom is 0.151 e. The SMILES string of the molecule is CCCCCCCCCCCSC(=N)N. The summed E-state index contributed by atoms with van der Waals surface area (Å²) in [4.78, 5) is 0. The molecule has 0 aliphatic carbocycles. The Morgan fingerprint density at radius 2 is 1.40 bits per heavy atom. The zero-order valence-corrected chi connectivity index (χ0v) is 10.9. The van der Waals surface area contributed by atoms with E-state index in [0.29, 0.717) is 0 Å². The van der Waals surface area contributed by atoms with Crippen LogP contribution in [0.1, 0.15) is 64.7 Å². The normalized spacial score (nSPS) is 10.5. The summed E-state index contributed by atoms with van der Waals surface area (Å²) in [5.41, 5.74) is 5.25. The largest absolute Gasteiger partial charge is 0.379 e. The molecule has 0 heterocycles. The molecule has 15 heavy (non-hydrogen) atoms. The molecule has 0 aliphatic rings. The van der Waals surface area contributed by atoms with Crippen LogP contribution in [0.15, 0.2) is 0 Å². The van der Waals surface area contributed by atoms with Crippen LogP contribution in [0.25, 0.3) is 0 Å². The second kappa shape index (κ2) is 11.9. The van der Waals surface area contributed by atoms with Crippen LogP contribution in [-0.4, -0.2) is 10.9 Å². The molecule has 0 bridgehead atoms. The lowest BCUT2D eigenvalue weighted by molar-refractivity contribution is 0.573. The summed E-state index contributed by atoms with van der Waals surface area (Å²) < 4.78 is 0. The molecule has 3 heteroatoms. The summed E-state index contributed by atoms with van der Waals surface area (Å²) in [6.45, 7) is 2.26. The molecule has 0 fully saturated rings. The highest BCUT2D eigenvalue weighted by atomic mass is 32.2. The van der Waals surface area contributed by atoms with Crippen LogP contribution in [0.5, 0.6) is 0 Å². The van der Waals surface area contributed by atoms with Crippen molar-refractivity contribution in [3.63, 3.8) is 0 Å². The Hall–Kier alpha value is -0.180. The average Bonchev–Trinajstić information content (AvgIpc) is 2.20. The van der Waals surface area contributed by atoms with Gasteiger partial charge in [0, 0.05) is 5.75 Å². The van der Waals surface area contributed by atoms with Crippen molar-refractivity contribution in [3.05, 3.63) is 0 Å². The van der Waals surface area contributed by atoms with E-state index < -0.39 is 0 Å². The molecule has 0 aromatic rings. The van der Waals surface area contributed by atoms with Crippen LogP contribution in [-0.2, 0) is 0 Å². The van der Waals surface area contributed by atoms with Crippen molar-refractivity contribution in [2.75, 3.05) is 5.75 Å². The van der Waals surface area contributed by atoms with Crippen LogP contribution in [0, 0.1) is 5.41 Å². The summed E-state index contributed by atoms with van der Waals surface area (Å²) in [5, 5.41) is 7.30. The van der Waals surface area contributed by atoms with Gasteiger partial charge in [-0.05, 0) is 6.42 Å². The molecule has 90 valence electrons. The minimum atomic E-state index is 0.259. The van der Waals surface area contributed by atoms with Gasteiger partial charge in [-0.2, -0.15) is 0 Å². The molecular formula is C12H26N2S. The van der Waals surface area contributed by atoms with Crippen LogP contribution in [0.2, 0.25) is 0 Å². The minimum absolute atomic E-state index is 0.259. The van der Waals surface area contributed by atoms with E-state index in [4.69, 9.17) is 11.1 Å². The molecule has 0 saturated carbocycles. The molecule has 0 aliphatic heterocycles. The number of unbranched alkanes of at least 4 members (excludes halogenated alkanes) is 8. The lowest BCUT2D eigenvalue weighted by Crippen LogP contribution is -2.04. The van der Waals surface area contributed by atoms with Crippen molar-refractivity contribution >= 4 is 16.9 Å². The first-order chi connectivity index (χ1) is 7.27. The lowest BCUT2D eigenvalue weighted by Gasteiger charge is -2.01. The highest BCUT2D eigenvalue weighted by Gasteiger charge is 1.93. The predicted octanol–water partition coefficient (Wildman–Crippen LogP) is 4.14. The first kappa shape index (κ1) is 14.8. The molecule has 0 atom stereocenters. The average molecular weight is 230 g/mol. The molecule has 3 N–H and O–H groups in total. The molecule has 0 spiro atoms. The van der Waals surface area contributed by atoms with Gasteiger partial charge in [-0.1, -0.05) is 70.1 Å². The third-order valence-corrected chi connectivity index (χ3v) is 3.31. The molecule has 0 aromatic heterocycles. The van der Waals surface area contributed by atoms with E-state index in [1.807, 2.05) is 0 Å². The van der Waals surface area contributed by atoms with E-state index in [1.165, 1.54) is 69.5 Å². The topological polar surface area (TPSA) is 49.9 Å². The van der Waals surface area contributed by atoms with Gasteiger partial charge in [-0.15, -0.1) is 0 Å². The summed E-state index contributed by atoms with van der Waals surface area (Å²) in [5.74, 6) is 1.02. The van der Waals surface area contributed by atoms with E-state index in [1.54, 1.807) is 0 Å². The van der Waals surface area contributed by atoms with Crippen molar-refractivity contribution in [1.29, 1.82) is 5.41 Å². The maximum absolute atomic E-state index is 7.05. The summed E-state index contributed by atoms with van der Waals surface area (Å²) in [6.07, 6.45) is 12.2. The highest BCUT2D eigenvalue weighted by Crippen LogP contribution is 2.11. The molecule has 0 unspecified atom stereocenters. The van der Waals surface area contributed by atoms with Gasteiger partial charge in [-0.25, -0.2) is 0 Å². The highest BCUT2D eigenvalue weighted by molar-refractivity contribution is 8.13. The number of nitrogens with one attached hydrogen (secondary N) is 1. The monoisotopic (exact) mass is 230 g/mol. The lowest BCUT2D eigenvalue weighted by atomic mass is 10.1. The number of thioether (sulfide) groups is 1. The van der Waals surface area contributed by atoms with Gasteiger partial charge in [0.25, 0.3) is 0 Å². The van der Waals surface area contributed by atoms with Crippen LogP contribution < -0.4 is 5.73 Å². The molecule has 0 aromatic carbocycles. The minimum Gasteiger partial charge on any atom is -0.379 e. The summed E-state index contributed by atoms with van der Waals surface area (Å²) in [7, 11) is 0. The number of amidine groups is 1. The number of hydrogen-bond acceptors (Lipinski definition) is 2. The molecule has 0 saturated heterocycles. The Balaban J connectivity index is 2.89. The fourth-order valence-electron chi connectivity index (χ4n) is 1.59. The van der Waals surface area contributed by atoms with Crippen molar-refractivity contribution in [2.45, 2.75) is 64.7 Å². The molecule has 0 rings (SSSR count). The molecule has 2 nitrogen and oxygen atoms in total. The summed E-state index contributed by atoms with van der Waals surface area (Å²) >= 11 is 1.47. The number of hydrogen-bond donors (Lipinski definition) is 2. The third-order valence-electron chi connectivity index (χ3n) is 2.51. The standard InChI is InChI=1S/C12H26N2S/c1-2-3-4-5-6-7-8-9-10-11-15-12(13)14/h2-11H2,1H3,(H3,13,14). The van der Waals surface area contributed by atoms with Gasteiger partial charge < -0.3 is 5.73 Å². The summed E-state index contributed by atoms with van der Waals surface area (Å²) in [6, 6.07) is 0. The van der Waals surface area contributed by atoms with E-state index in [9.17, 15) is 0 Å². The molecular weight excluding hydrogens is 204 g/mol. The van der Waals surface area contributed by atoms with Crippen molar-refractivity contribution in [1.82, 2.24) is 0 Å². The van der Waals surface area contributed by atoms with Crippen molar-refractivity contribution in [2.24, 2.45) is 5.73 Å². The van der Waals surface area contributed by atoms with E-state index in [-0.39, 0.29) is 5.17 Å². The van der Waals surface area contributed by atoms with Gasteiger partial charge in [0.05, 0.1) is 0 Å². The third kappa shape index (κ3) is 13.8. The fraction of sp³-hybridized carbons (Fsp3) is 0.917. The predicted molar refractivity (Wildman–Crippen MR) is 71.6 cm³/mol. The van der Waals surface area contributed by atoms with Crippen LogP contribution in [0.3, 0.4) is 0 Å². The smallest absolute Gasteiger partial charge is 0.151 e. The van der Waals surface area contributed by atoms with Gasteiger partial charge in [0.15, 0.2) is 5.17 Å². The second-order valence-corrected chi connectivity index (χ2v) is 5.18. The Labute approximate surface area is 98.9 Å². The number of rotatable bonds is 10. The fourth-order valence-corrected chi connectivity index (χ4v) is 2.16. The van der Waals surface area contributed by atoms with Gasteiger partial charge in [-0.3, -0.25) is 5.41 Å². The van der Waals surface area contributed by atoms with E-state index in [2.05, 4.69) is 6.92 Å². The van der Waals surface area contributed by atoms with E-state index in [0.717, 1.165) is 5.75 Å². The second-order valence-electron chi connectivity index (χ2n) is 4.04. The maximum atomic E-state index is 7.05. The molecule has 0 amide bonds. The zero-order chi connectivity index (χ0) is 11.4. The van der Waals surface area contributed by atoms with Crippen LogP contribution in [0.4, 0.5) is 0 Å². The first-order valence-electron chi connectivity index (χ1n) is 6.24. The zero-order valence-electron chi connectivity index (χ0n) is 10.1. The Morgan fingerprint density at radius 1 is 0.933 bits per heavy atom. The van der Waals surface area contributed by atoms with E-state index >= 15 is 0 Å².